The highest BCUT2D eigenvalue weighted by Gasteiger charge is 2.09. The fraction of sp³-hybridized carbons (Fsp3) is 0.278. The number of para-hydroxylation sites is 1. The third-order valence-electron chi connectivity index (χ3n) is 3.36. The number of halogens is 2. The minimum Gasteiger partial charge on any atom is -0.494 e. The SMILES string of the molecule is CCOc1ccc(CCCNC(=S)Nc2c(F)cccc2F)cc1. The van der Waals surface area contributed by atoms with Crippen molar-refractivity contribution >= 4 is 23.0 Å². The lowest BCUT2D eigenvalue weighted by molar-refractivity contribution is 0.340. The van der Waals surface area contributed by atoms with E-state index in [0.29, 0.717) is 13.2 Å². The monoisotopic (exact) mass is 350 g/mol. The largest absolute Gasteiger partial charge is 0.494 e. The summed E-state index contributed by atoms with van der Waals surface area (Å²) in [5.41, 5.74) is 0.959. The number of hydrogen-bond acceptors (Lipinski definition) is 2. The number of nitrogens with one attached hydrogen (secondary N) is 2. The van der Waals surface area contributed by atoms with E-state index in [2.05, 4.69) is 10.6 Å². The van der Waals surface area contributed by atoms with Crippen LogP contribution in [0, 0.1) is 11.6 Å². The minimum absolute atomic E-state index is 0.200. The van der Waals surface area contributed by atoms with Gasteiger partial charge in [-0.05, 0) is 61.8 Å². The van der Waals surface area contributed by atoms with Gasteiger partial charge in [-0.15, -0.1) is 0 Å². The molecule has 0 unspecified atom stereocenters. The van der Waals surface area contributed by atoms with Crippen molar-refractivity contribution in [3.8, 4) is 5.75 Å². The molecule has 0 aliphatic rings. The molecule has 3 nitrogen and oxygen atoms in total. The molecule has 24 heavy (non-hydrogen) atoms. The maximum Gasteiger partial charge on any atom is 0.170 e. The fourth-order valence-corrected chi connectivity index (χ4v) is 2.39. The molecule has 0 atom stereocenters. The summed E-state index contributed by atoms with van der Waals surface area (Å²) in [5, 5.41) is 5.70. The van der Waals surface area contributed by atoms with Crippen LogP contribution in [-0.4, -0.2) is 18.3 Å². The maximum atomic E-state index is 13.5. The first-order valence-corrected chi connectivity index (χ1v) is 8.21. The van der Waals surface area contributed by atoms with Crippen LogP contribution in [0.5, 0.6) is 5.75 Å². The number of ether oxygens (including phenoxy) is 1. The Morgan fingerprint density at radius 3 is 2.38 bits per heavy atom. The molecule has 128 valence electrons. The zero-order valence-electron chi connectivity index (χ0n) is 13.4. The summed E-state index contributed by atoms with van der Waals surface area (Å²) in [6.45, 7) is 3.20. The lowest BCUT2D eigenvalue weighted by atomic mass is 10.1. The Bertz CT molecular complexity index is 657. The summed E-state index contributed by atoms with van der Waals surface area (Å²) in [5.74, 6) is -0.487. The van der Waals surface area contributed by atoms with E-state index < -0.39 is 11.6 Å². The second-order valence-electron chi connectivity index (χ2n) is 5.16. The van der Waals surface area contributed by atoms with Gasteiger partial charge in [0.05, 0.1) is 6.61 Å². The second kappa shape index (κ2) is 9.17. The van der Waals surface area contributed by atoms with Crippen LogP contribution in [-0.2, 0) is 6.42 Å². The predicted octanol–water partition coefficient (Wildman–Crippen LogP) is 4.28. The van der Waals surface area contributed by atoms with Gasteiger partial charge in [-0.25, -0.2) is 8.78 Å². The molecule has 0 bridgehead atoms. The number of anilines is 1. The Labute approximate surface area is 146 Å². The summed E-state index contributed by atoms with van der Waals surface area (Å²) in [6, 6.07) is 11.6. The maximum absolute atomic E-state index is 13.5. The van der Waals surface area contributed by atoms with Crippen LogP contribution in [0.4, 0.5) is 14.5 Å². The van der Waals surface area contributed by atoms with Crippen molar-refractivity contribution in [2.75, 3.05) is 18.5 Å². The number of thiocarbonyl (C=S) groups is 1. The molecule has 2 aromatic carbocycles. The van der Waals surface area contributed by atoms with Crippen LogP contribution in [0.1, 0.15) is 18.9 Å². The number of rotatable bonds is 7. The van der Waals surface area contributed by atoms with Gasteiger partial charge in [-0.1, -0.05) is 18.2 Å². The molecular weight excluding hydrogens is 330 g/mol. The van der Waals surface area contributed by atoms with Gasteiger partial charge in [-0.2, -0.15) is 0 Å². The molecule has 0 amide bonds. The Hall–Kier alpha value is -2.21. The first kappa shape index (κ1) is 18.1. The molecule has 2 N–H and O–H groups in total. The van der Waals surface area contributed by atoms with Gasteiger partial charge >= 0.3 is 0 Å². The molecular formula is C18H20F2N2OS. The van der Waals surface area contributed by atoms with Crippen molar-refractivity contribution < 1.29 is 13.5 Å². The molecule has 0 heterocycles. The summed E-state index contributed by atoms with van der Waals surface area (Å²) in [7, 11) is 0. The van der Waals surface area contributed by atoms with Crippen LogP contribution in [0.3, 0.4) is 0 Å². The molecule has 0 aliphatic carbocycles. The third kappa shape index (κ3) is 5.45. The lowest BCUT2D eigenvalue weighted by Gasteiger charge is -2.12. The normalized spacial score (nSPS) is 10.3. The minimum atomic E-state index is -0.673. The smallest absolute Gasteiger partial charge is 0.170 e. The van der Waals surface area contributed by atoms with E-state index in [1.54, 1.807) is 0 Å². The van der Waals surface area contributed by atoms with E-state index in [1.807, 2.05) is 31.2 Å². The van der Waals surface area contributed by atoms with Crippen LogP contribution in [0.2, 0.25) is 0 Å². The van der Waals surface area contributed by atoms with Crippen molar-refractivity contribution in [3.63, 3.8) is 0 Å². The van der Waals surface area contributed by atoms with Crippen molar-refractivity contribution in [2.45, 2.75) is 19.8 Å². The lowest BCUT2D eigenvalue weighted by Crippen LogP contribution is -2.30. The second-order valence-corrected chi connectivity index (χ2v) is 5.57. The van der Waals surface area contributed by atoms with Gasteiger partial charge in [0.2, 0.25) is 0 Å². The quantitative estimate of drug-likeness (QED) is 0.577. The summed E-state index contributed by atoms with van der Waals surface area (Å²) in [6.07, 6.45) is 1.71. The van der Waals surface area contributed by atoms with Crippen molar-refractivity contribution in [1.82, 2.24) is 5.32 Å². The van der Waals surface area contributed by atoms with Gasteiger partial charge < -0.3 is 15.4 Å². The zero-order chi connectivity index (χ0) is 17.4. The van der Waals surface area contributed by atoms with E-state index >= 15 is 0 Å². The van der Waals surface area contributed by atoms with Gasteiger partial charge in [0, 0.05) is 6.54 Å². The van der Waals surface area contributed by atoms with Crippen LogP contribution >= 0.6 is 12.2 Å². The third-order valence-corrected chi connectivity index (χ3v) is 3.61. The first-order valence-electron chi connectivity index (χ1n) is 7.80. The first-order chi connectivity index (χ1) is 11.6. The molecule has 6 heteroatoms. The molecule has 0 radical (unpaired) electrons. The number of benzene rings is 2. The molecule has 0 aromatic heterocycles. The topological polar surface area (TPSA) is 33.3 Å². The molecule has 2 rings (SSSR count). The average Bonchev–Trinajstić information content (AvgIpc) is 2.57. The van der Waals surface area contributed by atoms with Crippen molar-refractivity contribution in [1.29, 1.82) is 0 Å². The van der Waals surface area contributed by atoms with Gasteiger partial charge in [0.1, 0.15) is 23.1 Å². The Morgan fingerprint density at radius 1 is 1.08 bits per heavy atom. The predicted molar refractivity (Wildman–Crippen MR) is 96.5 cm³/mol. The van der Waals surface area contributed by atoms with Crippen LogP contribution < -0.4 is 15.4 Å². The van der Waals surface area contributed by atoms with Gasteiger partial charge in [-0.3, -0.25) is 0 Å². The highest BCUT2D eigenvalue weighted by atomic mass is 32.1. The highest BCUT2D eigenvalue weighted by molar-refractivity contribution is 7.80. The highest BCUT2D eigenvalue weighted by Crippen LogP contribution is 2.17. The van der Waals surface area contributed by atoms with Crippen LogP contribution in [0.15, 0.2) is 42.5 Å². The average molecular weight is 350 g/mol. The summed E-state index contributed by atoms with van der Waals surface area (Å²) < 4.78 is 32.4. The zero-order valence-corrected chi connectivity index (χ0v) is 14.3. The summed E-state index contributed by atoms with van der Waals surface area (Å²) >= 11 is 5.06. The molecule has 0 saturated carbocycles. The van der Waals surface area contributed by atoms with E-state index in [9.17, 15) is 8.78 Å². The standard InChI is InChI=1S/C18H20F2N2OS/c1-2-23-14-10-8-13(9-11-14)5-4-12-21-18(24)22-17-15(19)6-3-7-16(17)20/h3,6-11H,2,4-5,12H2,1H3,(H2,21,22,24). The van der Waals surface area contributed by atoms with Crippen molar-refractivity contribution in [3.05, 3.63) is 59.7 Å². The van der Waals surface area contributed by atoms with E-state index in [-0.39, 0.29) is 10.8 Å². The fourth-order valence-electron chi connectivity index (χ4n) is 2.19. The molecule has 2 aromatic rings. The Balaban J connectivity index is 1.73. The van der Waals surface area contributed by atoms with Crippen molar-refractivity contribution in [2.24, 2.45) is 0 Å². The Kier molecular flexibility index (Phi) is 6.93. The molecule has 0 fully saturated rings. The summed E-state index contributed by atoms with van der Waals surface area (Å²) in [4.78, 5) is 0. The van der Waals surface area contributed by atoms with E-state index in [4.69, 9.17) is 17.0 Å². The van der Waals surface area contributed by atoms with Crippen LogP contribution in [0.25, 0.3) is 0 Å². The number of hydrogen-bond donors (Lipinski definition) is 2. The molecule has 0 spiro atoms. The Morgan fingerprint density at radius 2 is 1.75 bits per heavy atom. The van der Waals surface area contributed by atoms with E-state index in [1.165, 1.54) is 23.8 Å². The van der Waals surface area contributed by atoms with Gasteiger partial charge in [0.15, 0.2) is 5.11 Å². The number of aryl methyl sites for hydroxylation is 1. The molecule has 0 saturated heterocycles. The van der Waals surface area contributed by atoms with Gasteiger partial charge in [0.25, 0.3) is 0 Å². The molecule has 0 aliphatic heterocycles. The van der Waals surface area contributed by atoms with E-state index in [0.717, 1.165) is 18.6 Å².